The molecule has 1 aliphatic rings. The molecule has 0 aromatic carbocycles. The largest absolute Gasteiger partial charge is 0.364 e. The molecule has 1 aliphatic carbocycles. The van der Waals surface area contributed by atoms with Crippen molar-refractivity contribution >= 4 is 5.78 Å². The molecule has 0 aliphatic heterocycles. The monoisotopic (exact) mass is 205 g/mol. The molecule has 15 heavy (non-hydrogen) atoms. The Morgan fingerprint density at radius 2 is 2.27 bits per heavy atom. The Labute approximate surface area is 91.1 Å². The molecule has 1 aromatic rings. The van der Waals surface area contributed by atoms with Crippen LogP contribution < -0.4 is 0 Å². The molecule has 1 atom stereocenters. The fourth-order valence-electron chi connectivity index (χ4n) is 2.45. The molecule has 82 valence electrons. The predicted molar refractivity (Wildman–Crippen MR) is 61.1 cm³/mol. The normalized spacial score (nSPS) is 20.3. The van der Waals surface area contributed by atoms with Crippen LogP contribution in [0.15, 0.2) is 12.3 Å². The fourth-order valence-corrected chi connectivity index (χ4v) is 2.45. The minimum Gasteiger partial charge on any atom is -0.364 e. The van der Waals surface area contributed by atoms with E-state index in [-0.39, 0.29) is 0 Å². The first-order valence-corrected chi connectivity index (χ1v) is 6.00. The lowest BCUT2D eigenvalue weighted by molar-refractivity contribution is 0.0945. The van der Waals surface area contributed by atoms with Crippen LogP contribution in [0, 0.1) is 5.92 Å². The molecular formula is C13H19NO. The van der Waals surface area contributed by atoms with Crippen molar-refractivity contribution in [2.75, 3.05) is 0 Å². The third-order valence-corrected chi connectivity index (χ3v) is 3.32. The Bertz CT molecular complexity index is 340. The summed E-state index contributed by atoms with van der Waals surface area (Å²) in [6.07, 6.45) is 8.74. The number of aromatic amines is 1. The number of carbonyl (C=O) groups is 1. The highest BCUT2D eigenvalue weighted by Gasteiger charge is 2.25. The molecule has 1 unspecified atom stereocenters. The lowest BCUT2D eigenvalue weighted by Crippen LogP contribution is -2.19. The molecule has 0 fully saturated rings. The second kappa shape index (κ2) is 4.65. The van der Waals surface area contributed by atoms with Crippen molar-refractivity contribution in [2.24, 2.45) is 5.92 Å². The highest BCUT2D eigenvalue weighted by atomic mass is 16.1. The summed E-state index contributed by atoms with van der Waals surface area (Å²) in [6.45, 7) is 2.22. The molecule has 0 spiro atoms. The summed E-state index contributed by atoms with van der Waals surface area (Å²) >= 11 is 0. The van der Waals surface area contributed by atoms with Crippen LogP contribution >= 0.6 is 0 Å². The van der Waals surface area contributed by atoms with Gasteiger partial charge >= 0.3 is 0 Å². The van der Waals surface area contributed by atoms with Crippen molar-refractivity contribution in [3.8, 4) is 0 Å². The third-order valence-electron chi connectivity index (χ3n) is 3.32. The van der Waals surface area contributed by atoms with Gasteiger partial charge in [-0.05, 0) is 24.8 Å². The number of H-pyrrole nitrogens is 1. The van der Waals surface area contributed by atoms with E-state index < -0.39 is 0 Å². The lowest BCUT2D eigenvalue weighted by Gasteiger charge is -2.20. The van der Waals surface area contributed by atoms with Crippen molar-refractivity contribution in [1.82, 2.24) is 4.98 Å². The Morgan fingerprint density at radius 3 is 3.07 bits per heavy atom. The van der Waals surface area contributed by atoms with E-state index in [0.29, 0.717) is 11.7 Å². The first-order valence-electron chi connectivity index (χ1n) is 6.00. The molecule has 0 amide bonds. The number of rotatable bonds is 4. The van der Waals surface area contributed by atoms with Gasteiger partial charge in [-0.25, -0.2) is 0 Å². The molecule has 2 rings (SSSR count). The summed E-state index contributed by atoms with van der Waals surface area (Å²) < 4.78 is 0. The number of hydrogen-bond donors (Lipinski definition) is 1. The Kier molecular flexibility index (Phi) is 3.24. The van der Waals surface area contributed by atoms with Gasteiger partial charge in [-0.15, -0.1) is 0 Å². The average Bonchev–Trinajstić information content (AvgIpc) is 2.66. The second-order valence-corrected chi connectivity index (χ2v) is 4.56. The fraction of sp³-hybridized carbons (Fsp3) is 0.615. The van der Waals surface area contributed by atoms with E-state index in [4.69, 9.17) is 0 Å². The molecule has 0 bridgehead atoms. The Morgan fingerprint density at radius 1 is 1.40 bits per heavy atom. The Hall–Kier alpha value is -1.05. The summed E-state index contributed by atoms with van der Waals surface area (Å²) in [5, 5.41) is 0. The number of fused-ring (bicyclic) bond motifs is 1. The molecule has 1 N–H and O–H groups in total. The minimum absolute atomic E-state index is 0.332. The van der Waals surface area contributed by atoms with E-state index in [1.54, 1.807) is 0 Å². The molecule has 2 nitrogen and oxygen atoms in total. The van der Waals surface area contributed by atoms with Gasteiger partial charge in [0.2, 0.25) is 0 Å². The van der Waals surface area contributed by atoms with E-state index in [0.717, 1.165) is 24.1 Å². The minimum atomic E-state index is 0.332. The number of hydrogen-bond acceptors (Lipinski definition) is 1. The number of carbonyl (C=O) groups excluding carboxylic acids is 1. The van der Waals surface area contributed by atoms with Crippen LogP contribution in [0.4, 0.5) is 0 Å². The van der Waals surface area contributed by atoms with Crippen LogP contribution in [0.3, 0.4) is 0 Å². The zero-order chi connectivity index (χ0) is 10.7. The molecule has 1 heterocycles. The summed E-state index contributed by atoms with van der Waals surface area (Å²) in [5.41, 5.74) is 2.09. The van der Waals surface area contributed by atoms with Crippen LogP contribution in [-0.4, -0.2) is 10.8 Å². The maximum Gasteiger partial charge on any atom is 0.164 e. The van der Waals surface area contributed by atoms with E-state index >= 15 is 0 Å². The highest BCUT2D eigenvalue weighted by molar-refractivity contribution is 5.98. The van der Waals surface area contributed by atoms with Crippen LogP contribution in [0.25, 0.3) is 0 Å². The van der Waals surface area contributed by atoms with E-state index in [1.807, 2.05) is 12.3 Å². The number of nitrogens with one attached hydrogen (secondary N) is 1. The standard InChI is InChI=1S/C13H19NO/c1-2-3-4-5-10-8-12-11(6-7-14-12)13(15)9-10/h6-7,10,14H,2-5,8-9H2,1H3. The van der Waals surface area contributed by atoms with Crippen LogP contribution in [-0.2, 0) is 6.42 Å². The maximum absolute atomic E-state index is 11.8. The van der Waals surface area contributed by atoms with Gasteiger partial charge < -0.3 is 4.98 Å². The van der Waals surface area contributed by atoms with Crippen molar-refractivity contribution in [3.63, 3.8) is 0 Å². The second-order valence-electron chi connectivity index (χ2n) is 4.56. The topological polar surface area (TPSA) is 32.9 Å². The van der Waals surface area contributed by atoms with Crippen LogP contribution in [0.1, 0.15) is 55.1 Å². The number of aromatic nitrogens is 1. The molecule has 0 saturated carbocycles. The smallest absolute Gasteiger partial charge is 0.164 e. The van der Waals surface area contributed by atoms with Crippen LogP contribution in [0.2, 0.25) is 0 Å². The number of Topliss-reactive ketones (excluding diaryl/α,β-unsaturated/α-hetero) is 1. The number of unbranched alkanes of at least 4 members (excludes halogenated alkanes) is 2. The summed E-state index contributed by atoms with van der Waals surface area (Å²) in [4.78, 5) is 15.0. The zero-order valence-electron chi connectivity index (χ0n) is 9.38. The van der Waals surface area contributed by atoms with Gasteiger partial charge in [-0.3, -0.25) is 4.79 Å². The van der Waals surface area contributed by atoms with E-state index in [1.165, 1.54) is 25.7 Å². The SMILES string of the molecule is CCCCCC1CC(=O)c2cc[nH]c2C1. The quantitative estimate of drug-likeness (QED) is 0.751. The van der Waals surface area contributed by atoms with Gasteiger partial charge in [0.25, 0.3) is 0 Å². The van der Waals surface area contributed by atoms with Gasteiger partial charge in [-0.1, -0.05) is 26.2 Å². The predicted octanol–water partition coefficient (Wildman–Crippen LogP) is 3.34. The summed E-state index contributed by atoms with van der Waals surface area (Å²) in [7, 11) is 0. The molecule has 1 aromatic heterocycles. The van der Waals surface area contributed by atoms with Crippen molar-refractivity contribution in [2.45, 2.75) is 45.4 Å². The zero-order valence-corrected chi connectivity index (χ0v) is 9.38. The first-order chi connectivity index (χ1) is 7.31. The van der Waals surface area contributed by atoms with Gasteiger partial charge in [0, 0.05) is 23.9 Å². The molecular weight excluding hydrogens is 186 g/mol. The third kappa shape index (κ3) is 2.31. The van der Waals surface area contributed by atoms with Crippen molar-refractivity contribution in [3.05, 3.63) is 23.5 Å². The maximum atomic E-state index is 11.8. The first kappa shape index (κ1) is 10.5. The molecule has 2 heteroatoms. The lowest BCUT2D eigenvalue weighted by atomic mass is 9.84. The van der Waals surface area contributed by atoms with Crippen LogP contribution in [0.5, 0.6) is 0 Å². The average molecular weight is 205 g/mol. The molecule has 0 saturated heterocycles. The number of ketones is 1. The van der Waals surface area contributed by atoms with Gasteiger partial charge in [0.05, 0.1) is 0 Å². The van der Waals surface area contributed by atoms with Gasteiger partial charge in [-0.2, -0.15) is 0 Å². The highest BCUT2D eigenvalue weighted by Crippen LogP contribution is 2.27. The van der Waals surface area contributed by atoms with Gasteiger partial charge in [0.1, 0.15) is 0 Å². The van der Waals surface area contributed by atoms with E-state index in [9.17, 15) is 4.79 Å². The van der Waals surface area contributed by atoms with Crippen molar-refractivity contribution < 1.29 is 4.79 Å². The summed E-state index contributed by atoms with van der Waals surface area (Å²) in [5.74, 6) is 0.911. The molecule has 0 radical (unpaired) electrons. The van der Waals surface area contributed by atoms with Gasteiger partial charge in [0.15, 0.2) is 5.78 Å². The Balaban J connectivity index is 1.94. The summed E-state index contributed by atoms with van der Waals surface area (Å²) in [6, 6.07) is 1.92. The van der Waals surface area contributed by atoms with E-state index in [2.05, 4.69) is 11.9 Å². The van der Waals surface area contributed by atoms with Crippen molar-refractivity contribution in [1.29, 1.82) is 0 Å².